The van der Waals surface area contributed by atoms with Gasteiger partial charge in [-0.1, -0.05) is 50.3 Å². The van der Waals surface area contributed by atoms with Crippen LogP contribution < -0.4 is 50.0 Å². The standard InChI is InChI=1S/C74H99N9O26/c1-46(2)66(78-63(85)16-21-99-23-25-101-27-29-103-31-33-105-35-36-106-34-32-104-30-28-102-26-24-100-22-17-75-62(84)15-18-79-64(86)13-14-65(79)87)68(89)76-49(5)67(88)77-51-11-9-50(10-12-51)45-109-74(96)83-55-42-61(59(98-7)40-53(55)70(91)81-44-48(4)38-57(81)72(83)93)108-20-8-19-107-60-41-54-52(39-58(60)97-6)69(90)80-43-47(3)37-56(80)71(92)82(54)73(94)95/h9-14,39-42,46,49,56-57,66,71-72,92-93H,3-4,8,15-38,43-45H2,1-2,5-7H3,(H,75,84)(H,76,89)(H,77,88)(H,78,85)(H,94,95)/t49-,56-,57-,66-,71-,72-/m0/s1. The third-order valence-corrected chi connectivity index (χ3v) is 17.8. The molecule has 6 atom stereocenters. The number of amides is 10. The van der Waals surface area contributed by atoms with Crippen LogP contribution in [0.15, 0.2) is 85.0 Å². The van der Waals surface area contributed by atoms with Crippen LogP contribution in [0, 0.1) is 5.92 Å². The Bertz CT molecular complexity index is 3690. The minimum atomic E-state index is -1.61. The fourth-order valence-electron chi connectivity index (χ4n) is 12.1. The van der Waals surface area contributed by atoms with E-state index in [1.165, 1.54) is 67.4 Å². The van der Waals surface area contributed by atoms with E-state index in [4.69, 9.17) is 61.6 Å². The molecule has 109 heavy (non-hydrogen) atoms. The van der Waals surface area contributed by atoms with Crippen LogP contribution in [0.3, 0.4) is 0 Å². The van der Waals surface area contributed by atoms with Crippen LogP contribution in [0.2, 0.25) is 0 Å². The highest BCUT2D eigenvalue weighted by molar-refractivity contribution is 6.13. The monoisotopic (exact) mass is 1530 g/mol. The zero-order chi connectivity index (χ0) is 78.5. The number of hydrogen-bond acceptors (Lipinski definition) is 25. The van der Waals surface area contributed by atoms with Gasteiger partial charge in [-0.2, -0.15) is 0 Å². The Kier molecular flexibility index (Phi) is 33.3. The van der Waals surface area contributed by atoms with Gasteiger partial charge >= 0.3 is 12.2 Å². The summed E-state index contributed by atoms with van der Waals surface area (Å²) in [7, 11) is 2.73. The quantitative estimate of drug-likeness (QED) is 0.0243. The first-order valence-electron chi connectivity index (χ1n) is 35.9. The van der Waals surface area contributed by atoms with Crippen molar-refractivity contribution in [1.82, 2.24) is 30.7 Å². The molecule has 0 bridgehead atoms. The van der Waals surface area contributed by atoms with Crippen molar-refractivity contribution in [2.75, 3.05) is 174 Å². The molecular weight excluding hydrogens is 1430 g/mol. The third-order valence-electron chi connectivity index (χ3n) is 17.8. The molecule has 0 spiro atoms. The van der Waals surface area contributed by atoms with Crippen LogP contribution in [-0.2, 0) is 78.0 Å². The van der Waals surface area contributed by atoms with Crippen LogP contribution >= 0.6 is 0 Å². The van der Waals surface area contributed by atoms with Crippen LogP contribution in [-0.4, -0.2) is 285 Å². The number of ether oxygens (including phenoxy) is 13. The van der Waals surface area contributed by atoms with E-state index in [-0.39, 0.29) is 149 Å². The Morgan fingerprint density at radius 3 is 1.45 bits per heavy atom. The summed E-state index contributed by atoms with van der Waals surface area (Å²) in [5.41, 5.74) is 2.01. The van der Waals surface area contributed by atoms with Gasteiger partial charge in [0.25, 0.3) is 23.6 Å². The lowest BCUT2D eigenvalue weighted by atomic mass is 10.0. The first-order chi connectivity index (χ1) is 52.5. The fraction of sp³-hybridized carbons (Fsp3) is 0.541. The highest BCUT2D eigenvalue weighted by atomic mass is 16.6. The first-order valence-corrected chi connectivity index (χ1v) is 35.9. The Morgan fingerprint density at radius 2 is 0.991 bits per heavy atom. The maximum absolute atomic E-state index is 14.3. The smallest absolute Gasteiger partial charge is 0.416 e. The summed E-state index contributed by atoms with van der Waals surface area (Å²) in [5, 5.41) is 44.3. The number of hydrogen-bond donors (Lipinski definition) is 7. The molecule has 3 aromatic rings. The molecular formula is C74H99N9O26. The number of fused-ring (bicyclic) bond motifs is 4. The number of benzene rings is 3. The molecule has 7 N–H and O–H groups in total. The predicted octanol–water partition coefficient (Wildman–Crippen LogP) is 2.92. The lowest BCUT2D eigenvalue weighted by Gasteiger charge is -2.31. The SMILES string of the molecule is C=C1C[C@H]2[C@H](O)N(C(=O)O)c3cc(OCCCOc4cc5c(cc4OC)C(=O)N4CC(=C)C[C@H]4[C@H](O)N5C(=O)OCc4ccc(NC(=O)[C@H](C)NC(=O)[C@@H](NC(=O)CCOCCOCCOCCOCCOCCOCCOCCOCCNC(=O)CCN5C(=O)C=CC5=O)C(C)C)cc4)c(OC)cc3C(=O)N2C1. The molecule has 8 rings (SSSR count). The van der Waals surface area contributed by atoms with E-state index in [9.17, 15) is 63.3 Å². The number of carbonyl (C=O) groups excluding carboxylic acids is 9. The van der Waals surface area contributed by atoms with Gasteiger partial charge in [-0.05, 0) is 55.5 Å². The minimum Gasteiger partial charge on any atom is -0.493 e. The van der Waals surface area contributed by atoms with E-state index in [0.717, 1.165) is 14.7 Å². The Labute approximate surface area is 630 Å². The van der Waals surface area contributed by atoms with E-state index < -0.39 is 90.2 Å². The Balaban J connectivity index is 0.671. The molecule has 0 unspecified atom stereocenters. The van der Waals surface area contributed by atoms with E-state index >= 15 is 0 Å². The molecule has 3 aromatic carbocycles. The molecule has 10 amide bonds. The van der Waals surface area contributed by atoms with Crippen molar-refractivity contribution >= 4 is 76.5 Å². The summed E-state index contributed by atoms with van der Waals surface area (Å²) in [5.74, 6) is -3.62. The van der Waals surface area contributed by atoms with Gasteiger partial charge in [-0.25, -0.2) is 19.4 Å². The molecule has 2 saturated heterocycles. The zero-order valence-corrected chi connectivity index (χ0v) is 62.0. The second-order valence-corrected chi connectivity index (χ2v) is 26.0. The number of nitrogens with zero attached hydrogens (tertiary/aromatic N) is 5. The van der Waals surface area contributed by atoms with Crippen molar-refractivity contribution in [2.24, 2.45) is 5.92 Å². The zero-order valence-electron chi connectivity index (χ0n) is 62.0. The van der Waals surface area contributed by atoms with Gasteiger partial charge in [-0.3, -0.25) is 43.3 Å². The highest BCUT2D eigenvalue weighted by Gasteiger charge is 2.48. The first kappa shape index (κ1) is 84.8. The maximum Gasteiger partial charge on any atom is 0.416 e. The molecule has 2 fully saturated rings. The molecule has 0 radical (unpaired) electrons. The lowest BCUT2D eigenvalue weighted by molar-refractivity contribution is -0.137. The van der Waals surface area contributed by atoms with Gasteiger partial charge < -0.3 is 108 Å². The van der Waals surface area contributed by atoms with Crippen molar-refractivity contribution in [3.8, 4) is 23.0 Å². The summed E-state index contributed by atoms with van der Waals surface area (Å²) < 4.78 is 73.2. The molecule has 35 heteroatoms. The van der Waals surface area contributed by atoms with Gasteiger partial charge in [-0.15, -0.1) is 0 Å². The topological polar surface area (TPSA) is 416 Å². The van der Waals surface area contributed by atoms with Gasteiger partial charge in [0.2, 0.25) is 23.6 Å². The van der Waals surface area contributed by atoms with E-state index in [0.29, 0.717) is 115 Å². The van der Waals surface area contributed by atoms with Crippen LogP contribution in [0.25, 0.3) is 0 Å². The summed E-state index contributed by atoms with van der Waals surface area (Å²) in [6, 6.07) is 8.06. The minimum absolute atomic E-state index is 0.00406. The van der Waals surface area contributed by atoms with Gasteiger partial charge in [0.1, 0.15) is 18.7 Å². The largest absolute Gasteiger partial charge is 0.493 e. The number of methoxy groups -OCH3 is 2. The molecule has 596 valence electrons. The molecule has 5 aliphatic heterocycles. The Morgan fingerprint density at radius 1 is 0.541 bits per heavy atom. The maximum atomic E-state index is 14.3. The molecule has 5 heterocycles. The van der Waals surface area contributed by atoms with E-state index in [1.807, 2.05) is 0 Å². The number of nitrogens with one attached hydrogen (secondary N) is 4. The summed E-state index contributed by atoms with van der Waals surface area (Å²) in [4.78, 5) is 135. The van der Waals surface area contributed by atoms with Crippen molar-refractivity contribution in [3.05, 3.63) is 102 Å². The second kappa shape index (κ2) is 42.8. The van der Waals surface area contributed by atoms with Crippen molar-refractivity contribution in [2.45, 2.75) is 96.1 Å². The third kappa shape index (κ3) is 24.3. The predicted molar refractivity (Wildman–Crippen MR) is 388 cm³/mol. The number of rotatable bonds is 46. The summed E-state index contributed by atoms with van der Waals surface area (Å²) >= 11 is 0. The Hall–Kier alpha value is -9.82. The number of carboxylic acid groups (broad SMARTS) is 1. The number of anilines is 3. The molecule has 0 saturated carbocycles. The summed E-state index contributed by atoms with van der Waals surface area (Å²) in [6.07, 6.45) is -2.77. The summed E-state index contributed by atoms with van der Waals surface area (Å²) in [6.45, 7) is 18.5. The molecule has 0 aromatic heterocycles. The normalized spacial score (nSPS) is 17.9. The van der Waals surface area contributed by atoms with Crippen LogP contribution in [0.1, 0.15) is 79.2 Å². The van der Waals surface area contributed by atoms with Crippen LogP contribution in [0.5, 0.6) is 23.0 Å². The fourth-order valence-corrected chi connectivity index (χ4v) is 12.1. The average molecular weight is 1530 g/mol. The number of aliphatic hydroxyl groups excluding tert-OH is 2. The number of carbonyl (C=O) groups is 10. The van der Waals surface area contributed by atoms with Crippen molar-refractivity contribution in [1.29, 1.82) is 0 Å². The average Bonchev–Trinajstić information content (AvgIpc) is 1.63. The molecule has 0 aliphatic carbocycles. The van der Waals surface area contributed by atoms with Gasteiger partial charge in [0.05, 0.1) is 168 Å². The number of aliphatic hydroxyl groups is 2. The van der Waals surface area contributed by atoms with Gasteiger partial charge in [0.15, 0.2) is 35.5 Å². The van der Waals surface area contributed by atoms with Gasteiger partial charge in [0, 0.05) is 75.4 Å². The highest BCUT2D eigenvalue weighted by Crippen LogP contribution is 2.44. The van der Waals surface area contributed by atoms with Crippen molar-refractivity contribution in [3.63, 3.8) is 0 Å². The lowest BCUT2D eigenvalue weighted by Crippen LogP contribution is -2.53. The number of imide groups is 1. The van der Waals surface area contributed by atoms with Crippen LogP contribution in [0.4, 0.5) is 26.7 Å². The second-order valence-electron chi connectivity index (χ2n) is 26.0. The van der Waals surface area contributed by atoms with E-state index in [1.54, 1.807) is 38.1 Å². The molecule has 5 aliphatic rings. The van der Waals surface area contributed by atoms with E-state index in [2.05, 4.69) is 34.4 Å². The molecule has 35 nitrogen and oxygen atoms in total. The van der Waals surface area contributed by atoms with Crippen molar-refractivity contribution < 1.29 is 125 Å².